The normalized spacial score (nSPS) is 16.6. The summed E-state index contributed by atoms with van der Waals surface area (Å²) in [7, 11) is 0. The lowest BCUT2D eigenvalue weighted by atomic mass is 9.79. The first-order valence-corrected chi connectivity index (χ1v) is 7.73. The number of unbranched alkanes of at least 4 members (excludes halogenated alkanes) is 1. The molecule has 0 aromatic carbocycles. The van der Waals surface area contributed by atoms with Gasteiger partial charge >= 0.3 is 5.97 Å². The van der Waals surface area contributed by atoms with Gasteiger partial charge in [-0.2, -0.15) is 0 Å². The van der Waals surface area contributed by atoms with Crippen molar-refractivity contribution in [1.29, 1.82) is 0 Å². The fourth-order valence-electron chi connectivity index (χ4n) is 2.09. The molecule has 19 heavy (non-hydrogen) atoms. The van der Waals surface area contributed by atoms with Gasteiger partial charge in [0.15, 0.2) is 0 Å². The number of esters is 1. The molecule has 0 N–H and O–H groups in total. The molecular weight excluding hydrogens is 236 g/mol. The van der Waals surface area contributed by atoms with E-state index in [4.69, 9.17) is 4.74 Å². The monoisotopic (exact) mass is 268 g/mol. The van der Waals surface area contributed by atoms with Crippen LogP contribution < -0.4 is 0 Å². The van der Waals surface area contributed by atoms with Crippen LogP contribution in [0.15, 0.2) is 12.2 Å². The average Bonchev–Trinajstić information content (AvgIpc) is 2.38. The molecule has 2 heteroatoms. The summed E-state index contributed by atoms with van der Waals surface area (Å²) in [5.74, 6) is 0.661. The van der Waals surface area contributed by atoms with Crippen molar-refractivity contribution in [1.82, 2.24) is 0 Å². The predicted molar refractivity (Wildman–Crippen MR) is 82.0 cm³/mol. The lowest BCUT2D eigenvalue weighted by molar-refractivity contribution is -0.155. The van der Waals surface area contributed by atoms with Crippen molar-refractivity contribution >= 4 is 5.97 Å². The molecule has 2 atom stereocenters. The lowest BCUT2D eigenvalue weighted by Crippen LogP contribution is -2.34. The van der Waals surface area contributed by atoms with E-state index >= 15 is 0 Å². The smallest absolute Gasteiger partial charge is 0.315 e. The third-order valence-corrected chi connectivity index (χ3v) is 4.15. The highest BCUT2D eigenvalue weighted by molar-refractivity contribution is 5.79. The van der Waals surface area contributed by atoms with Gasteiger partial charge in [0.1, 0.15) is 0 Å². The van der Waals surface area contributed by atoms with Crippen molar-refractivity contribution in [3.05, 3.63) is 12.2 Å². The SMILES string of the molecule is CC=CC(C)(C(=O)OCC(CC)CCCC)C(C)C. The predicted octanol–water partition coefficient (Wildman–Crippen LogP) is 4.98. The second-order valence-electron chi connectivity index (χ2n) is 5.95. The van der Waals surface area contributed by atoms with Gasteiger partial charge in [-0.3, -0.25) is 4.79 Å². The molecule has 0 aromatic rings. The molecule has 0 saturated heterocycles. The standard InChI is InChI=1S/C17H32O2/c1-7-10-11-15(9-3)13-19-16(18)17(6,12-8-2)14(4)5/h8,12,14-15H,7,9-11,13H2,1-6H3. The zero-order valence-electron chi connectivity index (χ0n) is 13.7. The van der Waals surface area contributed by atoms with Crippen LogP contribution in [-0.2, 0) is 9.53 Å². The van der Waals surface area contributed by atoms with E-state index in [1.165, 1.54) is 12.8 Å². The zero-order valence-corrected chi connectivity index (χ0v) is 13.7. The minimum atomic E-state index is -0.502. The van der Waals surface area contributed by atoms with E-state index in [0.29, 0.717) is 12.5 Å². The van der Waals surface area contributed by atoms with E-state index in [1.807, 2.05) is 26.0 Å². The van der Waals surface area contributed by atoms with Crippen LogP contribution in [0, 0.1) is 17.3 Å². The van der Waals surface area contributed by atoms with E-state index in [0.717, 1.165) is 12.8 Å². The van der Waals surface area contributed by atoms with Crippen LogP contribution in [0.5, 0.6) is 0 Å². The van der Waals surface area contributed by atoms with Gasteiger partial charge in [-0.15, -0.1) is 0 Å². The first-order valence-electron chi connectivity index (χ1n) is 7.73. The Morgan fingerprint density at radius 1 is 1.32 bits per heavy atom. The molecular formula is C17H32O2. The quantitative estimate of drug-likeness (QED) is 0.435. The molecule has 0 heterocycles. The number of hydrogen-bond donors (Lipinski definition) is 0. The molecule has 0 rings (SSSR count). The molecule has 0 fully saturated rings. The van der Waals surface area contributed by atoms with Crippen LogP contribution in [0.2, 0.25) is 0 Å². The topological polar surface area (TPSA) is 26.3 Å². The highest BCUT2D eigenvalue weighted by atomic mass is 16.5. The molecule has 112 valence electrons. The Morgan fingerprint density at radius 3 is 2.37 bits per heavy atom. The van der Waals surface area contributed by atoms with Crippen LogP contribution in [-0.4, -0.2) is 12.6 Å². The van der Waals surface area contributed by atoms with Gasteiger partial charge < -0.3 is 4.74 Å². The Kier molecular flexibility index (Phi) is 8.79. The van der Waals surface area contributed by atoms with Gasteiger partial charge in [-0.1, -0.05) is 59.1 Å². The molecule has 0 amide bonds. The Bertz CT molecular complexity index is 281. The van der Waals surface area contributed by atoms with Gasteiger partial charge in [-0.05, 0) is 32.1 Å². The fraction of sp³-hybridized carbons (Fsp3) is 0.824. The van der Waals surface area contributed by atoms with Gasteiger partial charge in [0, 0.05) is 0 Å². The van der Waals surface area contributed by atoms with Gasteiger partial charge in [0.05, 0.1) is 12.0 Å². The third-order valence-electron chi connectivity index (χ3n) is 4.15. The van der Waals surface area contributed by atoms with E-state index in [9.17, 15) is 4.79 Å². The Morgan fingerprint density at radius 2 is 1.95 bits per heavy atom. The highest BCUT2D eigenvalue weighted by Gasteiger charge is 2.35. The Hall–Kier alpha value is -0.790. The van der Waals surface area contributed by atoms with Crippen molar-refractivity contribution in [3.63, 3.8) is 0 Å². The summed E-state index contributed by atoms with van der Waals surface area (Å²) in [6, 6.07) is 0. The first kappa shape index (κ1) is 18.2. The number of allylic oxidation sites excluding steroid dienone is 1. The molecule has 0 aliphatic heterocycles. The number of carbonyl (C=O) groups is 1. The van der Waals surface area contributed by atoms with E-state index in [-0.39, 0.29) is 11.9 Å². The molecule has 2 nitrogen and oxygen atoms in total. The summed E-state index contributed by atoms with van der Waals surface area (Å²) >= 11 is 0. The number of carbonyl (C=O) groups excluding carboxylic acids is 1. The van der Waals surface area contributed by atoms with Crippen molar-refractivity contribution in [2.75, 3.05) is 6.61 Å². The van der Waals surface area contributed by atoms with Gasteiger partial charge in [-0.25, -0.2) is 0 Å². The van der Waals surface area contributed by atoms with Crippen molar-refractivity contribution < 1.29 is 9.53 Å². The highest BCUT2D eigenvalue weighted by Crippen LogP contribution is 2.30. The number of hydrogen-bond acceptors (Lipinski definition) is 2. The average molecular weight is 268 g/mol. The third kappa shape index (κ3) is 5.80. The summed E-state index contributed by atoms with van der Waals surface area (Å²) in [5.41, 5.74) is -0.502. The Balaban J connectivity index is 4.49. The molecule has 0 radical (unpaired) electrons. The molecule has 0 aliphatic carbocycles. The summed E-state index contributed by atoms with van der Waals surface area (Å²) in [4.78, 5) is 12.3. The number of rotatable bonds is 9. The second-order valence-corrected chi connectivity index (χ2v) is 5.95. The molecule has 2 unspecified atom stereocenters. The minimum absolute atomic E-state index is 0.0875. The van der Waals surface area contributed by atoms with Crippen LogP contribution in [0.1, 0.15) is 67.2 Å². The van der Waals surface area contributed by atoms with Crippen LogP contribution in [0.4, 0.5) is 0 Å². The maximum absolute atomic E-state index is 12.3. The van der Waals surface area contributed by atoms with Crippen molar-refractivity contribution in [2.45, 2.75) is 67.2 Å². The molecule has 0 aliphatic rings. The van der Waals surface area contributed by atoms with E-state index in [1.54, 1.807) is 0 Å². The van der Waals surface area contributed by atoms with E-state index < -0.39 is 5.41 Å². The summed E-state index contributed by atoms with van der Waals surface area (Å²) in [6.07, 6.45) is 8.55. The van der Waals surface area contributed by atoms with Gasteiger partial charge in [0.2, 0.25) is 0 Å². The summed E-state index contributed by atoms with van der Waals surface area (Å²) < 4.78 is 5.58. The minimum Gasteiger partial charge on any atom is -0.465 e. The second kappa shape index (κ2) is 9.17. The largest absolute Gasteiger partial charge is 0.465 e. The van der Waals surface area contributed by atoms with Crippen molar-refractivity contribution in [2.24, 2.45) is 17.3 Å². The number of ether oxygens (including phenoxy) is 1. The maximum atomic E-state index is 12.3. The lowest BCUT2D eigenvalue weighted by Gasteiger charge is -2.29. The fourth-order valence-corrected chi connectivity index (χ4v) is 2.09. The first-order chi connectivity index (χ1) is 8.92. The van der Waals surface area contributed by atoms with Gasteiger partial charge in [0.25, 0.3) is 0 Å². The zero-order chi connectivity index (χ0) is 14.9. The molecule has 0 saturated carbocycles. The summed E-state index contributed by atoms with van der Waals surface area (Å²) in [6.45, 7) is 13.0. The van der Waals surface area contributed by atoms with Crippen molar-refractivity contribution in [3.8, 4) is 0 Å². The molecule has 0 aromatic heterocycles. The maximum Gasteiger partial charge on any atom is 0.315 e. The van der Waals surface area contributed by atoms with Crippen LogP contribution in [0.25, 0.3) is 0 Å². The Labute approximate surface area is 119 Å². The van der Waals surface area contributed by atoms with Crippen LogP contribution in [0.3, 0.4) is 0 Å². The molecule has 0 bridgehead atoms. The van der Waals surface area contributed by atoms with Crippen LogP contribution >= 0.6 is 0 Å². The van der Waals surface area contributed by atoms with E-state index in [2.05, 4.69) is 27.7 Å². The summed E-state index contributed by atoms with van der Waals surface area (Å²) in [5, 5.41) is 0. The molecule has 0 spiro atoms.